The molecule has 26 heavy (non-hydrogen) atoms. The van der Waals surface area contributed by atoms with Crippen molar-refractivity contribution in [2.75, 3.05) is 25.0 Å². The Kier molecular flexibility index (Phi) is 5.78. The van der Waals surface area contributed by atoms with Gasteiger partial charge in [0.15, 0.2) is 0 Å². The third-order valence-electron chi connectivity index (χ3n) is 4.48. The topological polar surface area (TPSA) is 74.3 Å². The highest BCUT2D eigenvalue weighted by Crippen LogP contribution is 2.18. The number of hydrogen-bond acceptors (Lipinski definition) is 3. The third kappa shape index (κ3) is 4.56. The third-order valence-corrected chi connectivity index (χ3v) is 4.48. The van der Waals surface area contributed by atoms with Crippen molar-refractivity contribution in [3.63, 3.8) is 0 Å². The number of aromatic nitrogens is 1. The number of likely N-dealkylation sites (tertiary alicyclic amines) is 1. The van der Waals surface area contributed by atoms with Gasteiger partial charge in [0.2, 0.25) is 0 Å². The van der Waals surface area contributed by atoms with Crippen molar-refractivity contribution in [2.24, 2.45) is 5.92 Å². The SMILES string of the molecule is O=C(NCC1CCN(C(=O)c2cccnc2)CC1)Nc1ccccc1F. The summed E-state index contributed by atoms with van der Waals surface area (Å²) in [7, 11) is 0. The maximum atomic E-state index is 13.5. The smallest absolute Gasteiger partial charge is 0.319 e. The van der Waals surface area contributed by atoms with Gasteiger partial charge in [0.05, 0.1) is 11.3 Å². The fourth-order valence-electron chi connectivity index (χ4n) is 2.98. The van der Waals surface area contributed by atoms with Crippen LogP contribution in [0.15, 0.2) is 48.8 Å². The predicted octanol–water partition coefficient (Wildman–Crippen LogP) is 2.89. The van der Waals surface area contributed by atoms with Crippen LogP contribution in [0.4, 0.5) is 14.9 Å². The lowest BCUT2D eigenvalue weighted by molar-refractivity contribution is 0.0690. The van der Waals surface area contributed by atoms with Gasteiger partial charge in [-0.2, -0.15) is 0 Å². The number of para-hydroxylation sites is 1. The molecule has 0 bridgehead atoms. The van der Waals surface area contributed by atoms with Gasteiger partial charge in [0.1, 0.15) is 5.82 Å². The monoisotopic (exact) mass is 356 g/mol. The number of nitrogens with zero attached hydrogens (tertiary/aromatic N) is 2. The summed E-state index contributed by atoms with van der Waals surface area (Å²) in [4.78, 5) is 30.1. The summed E-state index contributed by atoms with van der Waals surface area (Å²) in [5.41, 5.74) is 0.746. The molecule has 2 heterocycles. The van der Waals surface area contributed by atoms with Gasteiger partial charge < -0.3 is 15.5 Å². The average molecular weight is 356 g/mol. The second-order valence-electron chi connectivity index (χ2n) is 6.29. The first-order chi connectivity index (χ1) is 12.6. The molecule has 0 saturated carbocycles. The van der Waals surface area contributed by atoms with Crippen LogP contribution < -0.4 is 10.6 Å². The molecule has 2 aromatic rings. The van der Waals surface area contributed by atoms with Gasteiger partial charge in [-0.15, -0.1) is 0 Å². The number of carbonyl (C=O) groups is 2. The van der Waals surface area contributed by atoms with E-state index in [-0.39, 0.29) is 11.6 Å². The van der Waals surface area contributed by atoms with Gasteiger partial charge in [0, 0.05) is 32.0 Å². The van der Waals surface area contributed by atoms with Crippen LogP contribution in [0.25, 0.3) is 0 Å². The number of amides is 3. The van der Waals surface area contributed by atoms with E-state index >= 15 is 0 Å². The first-order valence-corrected chi connectivity index (χ1v) is 8.62. The molecule has 0 spiro atoms. The number of urea groups is 1. The Bertz CT molecular complexity index is 761. The fraction of sp³-hybridized carbons (Fsp3) is 0.316. The van der Waals surface area contributed by atoms with Gasteiger partial charge in [-0.1, -0.05) is 12.1 Å². The first-order valence-electron chi connectivity index (χ1n) is 8.62. The molecule has 1 aromatic carbocycles. The van der Waals surface area contributed by atoms with Crippen LogP contribution in [-0.2, 0) is 0 Å². The molecule has 0 atom stereocenters. The lowest BCUT2D eigenvalue weighted by Gasteiger charge is -2.32. The molecule has 0 aliphatic carbocycles. The Hall–Kier alpha value is -2.96. The molecular formula is C19H21FN4O2. The number of halogens is 1. The van der Waals surface area contributed by atoms with Gasteiger partial charge in [0.25, 0.3) is 5.91 Å². The molecule has 3 amide bonds. The molecule has 2 N–H and O–H groups in total. The molecule has 6 nitrogen and oxygen atoms in total. The highest BCUT2D eigenvalue weighted by Gasteiger charge is 2.24. The van der Waals surface area contributed by atoms with Crippen molar-refractivity contribution in [1.29, 1.82) is 0 Å². The molecule has 1 saturated heterocycles. The summed E-state index contributed by atoms with van der Waals surface area (Å²) in [6.45, 7) is 1.79. The lowest BCUT2D eigenvalue weighted by atomic mass is 9.96. The normalized spacial score (nSPS) is 14.7. The van der Waals surface area contributed by atoms with Crippen molar-refractivity contribution in [2.45, 2.75) is 12.8 Å². The second kappa shape index (κ2) is 8.42. The van der Waals surface area contributed by atoms with Crippen LogP contribution in [0.1, 0.15) is 23.2 Å². The number of nitrogens with one attached hydrogen (secondary N) is 2. The van der Waals surface area contributed by atoms with Crippen molar-refractivity contribution in [3.8, 4) is 0 Å². The Balaban J connectivity index is 1.42. The van der Waals surface area contributed by atoms with Crippen LogP contribution in [0.3, 0.4) is 0 Å². The second-order valence-corrected chi connectivity index (χ2v) is 6.29. The molecule has 1 aliphatic rings. The number of piperidine rings is 1. The van der Waals surface area contributed by atoms with Crippen LogP contribution in [0.2, 0.25) is 0 Å². The maximum Gasteiger partial charge on any atom is 0.319 e. The molecule has 3 rings (SSSR count). The zero-order chi connectivity index (χ0) is 18.4. The van der Waals surface area contributed by atoms with E-state index in [2.05, 4.69) is 15.6 Å². The number of pyridine rings is 1. The van der Waals surface area contributed by atoms with Crippen LogP contribution in [0, 0.1) is 11.7 Å². The molecule has 0 radical (unpaired) electrons. The molecular weight excluding hydrogens is 335 g/mol. The number of rotatable bonds is 4. The van der Waals surface area contributed by atoms with E-state index < -0.39 is 11.8 Å². The predicted molar refractivity (Wildman–Crippen MR) is 96.3 cm³/mol. The summed E-state index contributed by atoms with van der Waals surface area (Å²) in [5.74, 6) is -0.189. The van der Waals surface area contributed by atoms with Gasteiger partial charge in [-0.05, 0) is 43.0 Å². The highest BCUT2D eigenvalue weighted by molar-refractivity contribution is 5.94. The molecule has 136 valence electrons. The van der Waals surface area contributed by atoms with E-state index in [0.29, 0.717) is 31.1 Å². The summed E-state index contributed by atoms with van der Waals surface area (Å²) in [6.07, 6.45) is 4.84. The zero-order valence-corrected chi connectivity index (χ0v) is 14.3. The van der Waals surface area contributed by atoms with Crippen LogP contribution in [0.5, 0.6) is 0 Å². The van der Waals surface area contributed by atoms with Gasteiger partial charge >= 0.3 is 6.03 Å². The number of carbonyl (C=O) groups excluding carboxylic acids is 2. The first kappa shape index (κ1) is 17.8. The lowest BCUT2D eigenvalue weighted by Crippen LogP contribution is -2.42. The number of anilines is 1. The minimum absolute atomic E-state index is 0.0122. The minimum atomic E-state index is -0.468. The Morgan fingerprint density at radius 1 is 1.15 bits per heavy atom. The van der Waals surface area contributed by atoms with E-state index in [1.54, 1.807) is 36.7 Å². The quantitative estimate of drug-likeness (QED) is 0.885. The van der Waals surface area contributed by atoms with E-state index in [0.717, 1.165) is 12.8 Å². The molecule has 0 unspecified atom stereocenters. The van der Waals surface area contributed by atoms with Crippen molar-refractivity contribution in [1.82, 2.24) is 15.2 Å². The van der Waals surface area contributed by atoms with E-state index in [9.17, 15) is 14.0 Å². The van der Waals surface area contributed by atoms with Crippen molar-refractivity contribution >= 4 is 17.6 Å². The summed E-state index contributed by atoms with van der Waals surface area (Å²) >= 11 is 0. The standard InChI is InChI=1S/C19H21FN4O2/c20-16-5-1-2-6-17(16)23-19(26)22-12-14-7-10-24(11-8-14)18(25)15-4-3-9-21-13-15/h1-6,9,13-14H,7-8,10-12H2,(H2,22,23,26). The largest absolute Gasteiger partial charge is 0.339 e. The highest BCUT2D eigenvalue weighted by atomic mass is 19.1. The van der Waals surface area contributed by atoms with Gasteiger partial charge in [-0.3, -0.25) is 9.78 Å². The number of hydrogen-bond donors (Lipinski definition) is 2. The average Bonchev–Trinajstić information content (AvgIpc) is 2.69. The summed E-state index contributed by atoms with van der Waals surface area (Å²) in [6, 6.07) is 9.12. The Morgan fingerprint density at radius 3 is 2.62 bits per heavy atom. The maximum absolute atomic E-state index is 13.5. The van der Waals surface area contributed by atoms with Crippen LogP contribution >= 0.6 is 0 Å². The Labute approximate surface area is 151 Å². The van der Waals surface area contributed by atoms with E-state index in [4.69, 9.17) is 0 Å². The summed E-state index contributed by atoms with van der Waals surface area (Å²) < 4.78 is 13.5. The fourth-order valence-corrected chi connectivity index (χ4v) is 2.98. The molecule has 7 heteroatoms. The zero-order valence-electron chi connectivity index (χ0n) is 14.3. The molecule has 1 aliphatic heterocycles. The Morgan fingerprint density at radius 2 is 1.92 bits per heavy atom. The van der Waals surface area contributed by atoms with Crippen LogP contribution in [-0.4, -0.2) is 41.5 Å². The minimum Gasteiger partial charge on any atom is -0.339 e. The number of benzene rings is 1. The summed E-state index contributed by atoms with van der Waals surface area (Å²) in [5, 5.41) is 5.28. The van der Waals surface area contributed by atoms with E-state index in [1.165, 1.54) is 12.1 Å². The molecule has 1 aromatic heterocycles. The van der Waals surface area contributed by atoms with Crippen molar-refractivity contribution < 1.29 is 14.0 Å². The van der Waals surface area contributed by atoms with E-state index in [1.807, 2.05) is 4.90 Å². The van der Waals surface area contributed by atoms with Crippen molar-refractivity contribution in [3.05, 3.63) is 60.2 Å². The molecule has 1 fully saturated rings. The van der Waals surface area contributed by atoms with Gasteiger partial charge in [-0.25, -0.2) is 9.18 Å².